The van der Waals surface area contributed by atoms with Gasteiger partial charge in [0, 0.05) is 18.8 Å². The van der Waals surface area contributed by atoms with E-state index in [4.69, 9.17) is 0 Å². The van der Waals surface area contributed by atoms with E-state index in [1.165, 1.54) is 45.2 Å². The van der Waals surface area contributed by atoms with E-state index in [1.807, 2.05) is 0 Å². The van der Waals surface area contributed by atoms with Crippen molar-refractivity contribution in [2.24, 2.45) is 5.92 Å². The van der Waals surface area contributed by atoms with Crippen LogP contribution in [0, 0.1) is 5.92 Å². The molecule has 0 aromatic heterocycles. The standard InChI is InChI=1S/C11H19N/c1-2-12-9-5-7-10-6-3-4-8-11(10)12/h8,10H,2-7,9H2,1H3. The average molecular weight is 165 g/mol. The summed E-state index contributed by atoms with van der Waals surface area (Å²) in [5, 5.41) is 0. The van der Waals surface area contributed by atoms with E-state index >= 15 is 0 Å². The van der Waals surface area contributed by atoms with Gasteiger partial charge in [0.05, 0.1) is 0 Å². The van der Waals surface area contributed by atoms with Crippen molar-refractivity contribution in [3.8, 4) is 0 Å². The van der Waals surface area contributed by atoms with Gasteiger partial charge in [0.2, 0.25) is 0 Å². The molecule has 1 aliphatic carbocycles. The topological polar surface area (TPSA) is 3.24 Å². The molecule has 1 aliphatic heterocycles. The van der Waals surface area contributed by atoms with Gasteiger partial charge in [0.25, 0.3) is 0 Å². The van der Waals surface area contributed by atoms with E-state index in [1.54, 1.807) is 5.70 Å². The molecular weight excluding hydrogens is 146 g/mol. The van der Waals surface area contributed by atoms with Gasteiger partial charge >= 0.3 is 0 Å². The normalized spacial score (nSPS) is 29.6. The second-order valence-corrected chi connectivity index (χ2v) is 3.98. The van der Waals surface area contributed by atoms with Crippen LogP contribution < -0.4 is 0 Å². The Balaban J connectivity index is 2.12. The summed E-state index contributed by atoms with van der Waals surface area (Å²) in [5.74, 6) is 0.924. The molecule has 0 aromatic rings. The molecular formula is C11H19N. The monoisotopic (exact) mass is 165 g/mol. The lowest BCUT2D eigenvalue weighted by Crippen LogP contribution is -2.34. The highest BCUT2D eigenvalue weighted by Crippen LogP contribution is 2.34. The highest BCUT2D eigenvalue weighted by molar-refractivity contribution is 5.11. The minimum Gasteiger partial charge on any atom is -0.375 e. The molecule has 0 radical (unpaired) electrons. The van der Waals surface area contributed by atoms with E-state index in [9.17, 15) is 0 Å². The average Bonchev–Trinajstić information content (AvgIpc) is 2.17. The minimum absolute atomic E-state index is 0.924. The van der Waals surface area contributed by atoms with Crippen LogP contribution >= 0.6 is 0 Å². The fraction of sp³-hybridized carbons (Fsp3) is 0.818. The number of likely N-dealkylation sites (tertiary alicyclic amines) is 1. The molecule has 1 heterocycles. The van der Waals surface area contributed by atoms with E-state index < -0.39 is 0 Å². The second-order valence-electron chi connectivity index (χ2n) is 3.98. The zero-order chi connectivity index (χ0) is 8.39. The quantitative estimate of drug-likeness (QED) is 0.577. The molecule has 0 aromatic carbocycles. The highest BCUT2D eigenvalue weighted by atomic mass is 15.1. The van der Waals surface area contributed by atoms with Crippen molar-refractivity contribution in [2.75, 3.05) is 13.1 Å². The van der Waals surface area contributed by atoms with Crippen LogP contribution in [0.4, 0.5) is 0 Å². The summed E-state index contributed by atoms with van der Waals surface area (Å²) >= 11 is 0. The van der Waals surface area contributed by atoms with Crippen molar-refractivity contribution in [3.05, 3.63) is 11.8 Å². The molecule has 1 fully saturated rings. The van der Waals surface area contributed by atoms with Crippen molar-refractivity contribution >= 4 is 0 Å². The molecule has 1 unspecified atom stereocenters. The van der Waals surface area contributed by atoms with Crippen LogP contribution in [0.25, 0.3) is 0 Å². The first-order chi connectivity index (χ1) is 5.92. The zero-order valence-corrected chi connectivity index (χ0v) is 8.05. The summed E-state index contributed by atoms with van der Waals surface area (Å²) < 4.78 is 0. The third-order valence-electron chi connectivity index (χ3n) is 3.26. The molecule has 1 atom stereocenters. The van der Waals surface area contributed by atoms with E-state index in [-0.39, 0.29) is 0 Å². The number of piperidine rings is 1. The smallest absolute Gasteiger partial charge is 0.0175 e. The number of nitrogens with zero attached hydrogens (tertiary/aromatic N) is 1. The molecule has 0 amide bonds. The van der Waals surface area contributed by atoms with Gasteiger partial charge < -0.3 is 4.90 Å². The number of fused-ring (bicyclic) bond motifs is 1. The first-order valence-corrected chi connectivity index (χ1v) is 5.37. The largest absolute Gasteiger partial charge is 0.375 e. The maximum atomic E-state index is 2.58. The number of allylic oxidation sites excluding steroid dienone is 2. The second kappa shape index (κ2) is 3.51. The number of hydrogen-bond donors (Lipinski definition) is 0. The third-order valence-corrected chi connectivity index (χ3v) is 3.26. The van der Waals surface area contributed by atoms with Crippen molar-refractivity contribution in [1.29, 1.82) is 0 Å². The van der Waals surface area contributed by atoms with Gasteiger partial charge in [0.15, 0.2) is 0 Å². The van der Waals surface area contributed by atoms with Crippen LogP contribution in [0.1, 0.15) is 39.0 Å². The van der Waals surface area contributed by atoms with Gasteiger partial charge in [-0.05, 0) is 44.9 Å². The summed E-state index contributed by atoms with van der Waals surface area (Å²) in [7, 11) is 0. The number of rotatable bonds is 1. The summed E-state index contributed by atoms with van der Waals surface area (Å²) in [5.41, 5.74) is 1.68. The van der Waals surface area contributed by atoms with Crippen LogP contribution in [-0.2, 0) is 0 Å². The Morgan fingerprint density at radius 1 is 1.42 bits per heavy atom. The Labute approximate surface area is 75.4 Å². The molecule has 2 aliphatic rings. The molecule has 68 valence electrons. The Morgan fingerprint density at radius 2 is 2.25 bits per heavy atom. The fourth-order valence-electron chi connectivity index (χ4n) is 2.61. The molecule has 0 bridgehead atoms. The van der Waals surface area contributed by atoms with Gasteiger partial charge in [-0.15, -0.1) is 0 Å². The Hall–Kier alpha value is -0.460. The van der Waals surface area contributed by atoms with Gasteiger partial charge in [0.1, 0.15) is 0 Å². The summed E-state index contributed by atoms with van der Waals surface area (Å²) in [4.78, 5) is 2.58. The van der Waals surface area contributed by atoms with E-state index in [0.29, 0.717) is 0 Å². The lowest BCUT2D eigenvalue weighted by molar-refractivity contribution is 0.232. The van der Waals surface area contributed by atoms with Crippen molar-refractivity contribution in [2.45, 2.75) is 39.0 Å². The van der Waals surface area contributed by atoms with Gasteiger partial charge in [-0.1, -0.05) is 6.08 Å². The van der Waals surface area contributed by atoms with Crippen molar-refractivity contribution in [1.82, 2.24) is 4.90 Å². The molecule has 0 saturated carbocycles. The maximum Gasteiger partial charge on any atom is 0.0175 e. The van der Waals surface area contributed by atoms with Crippen LogP contribution in [-0.4, -0.2) is 18.0 Å². The van der Waals surface area contributed by atoms with Gasteiger partial charge in [-0.2, -0.15) is 0 Å². The Bertz CT molecular complexity index is 183. The summed E-state index contributed by atoms with van der Waals surface area (Å²) in [6, 6.07) is 0. The molecule has 0 spiro atoms. The maximum absolute atomic E-state index is 2.58. The first-order valence-electron chi connectivity index (χ1n) is 5.37. The number of hydrogen-bond acceptors (Lipinski definition) is 1. The Morgan fingerprint density at radius 3 is 3.08 bits per heavy atom. The van der Waals surface area contributed by atoms with Crippen molar-refractivity contribution < 1.29 is 0 Å². The lowest BCUT2D eigenvalue weighted by atomic mass is 9.85. The SMILES string of the molecule is CCN1CCCC2CCCC=C21. The van der Waals surface area contributed by atoms with Crippen LogP contribution in [0.15, 0.2) is 11.8 Å². The third kappa shape index (κ3) is 1.37. The predicted molar refractivity (Wildman–Crippen MR) is 51.9 cm³/mol. The summed E-state index contributed by atoms with van der Waals surface area (Å²) in [6.45, 7) is 4.79. The Kier molecular flexibility index (Phi) is 2.38. The van der Waals surface area contributed by atoms with Gasteiger partial charge in [-0.3, -0.25) is 0 Å². The highest BCUT2D eigenvalue weighted by Gasteiger charge is 2.25. The molecule has 12 heavy (non-hydrogen) atoms. The lowest BCUT2D eigenvalue weighted by Gasteiger charge is -2.38. The molecule has 1 saturated heterocycles. The predicted octanol–water partition coefficient (Wildman–Crippen LogP) is 2.79. The molecule has 1 heteroatoms. The van der Waals surface area contributed by atoms with Gasteiger partial charge in [-0.25, -0.2) is 0 Å². The van der Waals surface area contributed by atoms with Crippen LogP contribution in [0.5, 0.6) is 0 Å². The zero-order valence-electron chi connectivity index (χ0n) is 8.05. The summed E-state index contributed by atoms with van der Waals surface area (Å²) in [6.07, 6.45) is 9.53. The van der Waals surface area contributed by atoms with Crippen LogP contribution in [0.2, 0.25) is 0 Å². The fourth-order valence-corrected chi connectivity index (χ4v) is 2.61. The first kappa shape index (κ1) is 8.15. The van der Waals surface area contributed by atoms with Crippen LogP contribution in [0.3, 0.4) is 0 Å². The molecule has 1 nitrogen and oxygen atoms in total. The minimum atomic E-state index is 0.924. The van der Waals surface area contributed by atoms with Crippen molar-refractivity contribution in [3.63, 3.8) is 0 Å². The molecule has 0 N–H and O–H groups in total. The molecule has 2 rings (SSSR count). The van der Waals surface area contributed by atoms with E-state index in [2.05, 4.69) is 17.9 Å². The van der Waals surface area contributed by atoms with E-state index in [0.717, 1.165) is 5.92 Å².